The minimum absolute atomic E-state index is 0.0509. The Balaban J connectivity index is 1.92. The number of nitrogens with one attached hydrogen (secondary N) is 2. The molecule has 1 amide bonds. The van der Waals surface area contributed by atoms with E-state index in [0.29, 0.717) is 19.6 Å². The summed E-state index contributed by atoms with van der Waals surface area (Å²) in [6, 6.07) is 0. The predicted molar refractivity (Wildman–Crippen MR) is 69.4 cm³/mol. The average molecular weight is 296 g/mol. The van der Waals surface area contributed by atoms with Gasteiger partial charge < -0.3 is 15.4 Å². The van der Waals surface area contributed by atoms with Crippen LogP contribution in [0.5, 0.6) is 0 Å². The summed E-state index contributed by atoms with van der Waals surface area (Å²) in [5, 5.41) is 5.83. The van der Waals surface area contributed by atoms with Crippen molar-refractivity contribution in [3.63, 3.8) is 0 Å². The molecule has 118 valence electrons. The highest BCUT2D eigenvalue weighted by Gasteiger charge is 2.25. The Kier molecular flexibility index (Phi) is 7.91. The van der Waals surface area contributed by atoms with E-state index < -0.39 is 12.6 Å². The molecule has 0 atom stereocenters. The molecule has 1 rings (SSSR count). The molecule has 1 saturated heterocycles. The molecular formula is C13H23F3N2O2. The fourth-order valence-electron chi connectivity index (χ4n) is 2.05. The third kappa shape index (κ3) is 9.14. The topological polar surface area (TPSA) is 50.4 Å². The molecule has 1 aliphatic heterocycles. The van der Waals surface area contributed by atoms with Crippen molar-refractivity contribution in [1.29, 1.82) is 0 Å². The maximum atomic E-state index is 11.9. The van der Waals surface area contributed by atoms with Gasteiger partial charge in [0.15, 0.2) is 0 Å². The van der Waals surface area contributed by atoms with E-state index in [-0.39, 0.29) is 24.9 Å². The van der Waals surface area contributed by atoms with Crippen LogP contribution in [0.2, 0.25) is 0 Å². The molecule has 4 nitrogen and oxygen atoms in total. The lowest BCUT2D eigenvalue weighted by molar-refractivity contribution is -0.135. The number of carbonyl (C=O) groups is 1. The molecule has 1 heterocycles. The SMILES string of the molecule is O=C(CCOC1CCNCC1)NCCCCC(F)(F)F. The van der Waals surface area contributed by atoms with Gasteiger partial charge >= 0.3 is 6.18 Å². The molecule has 0 bridgehead atoms. The van der Waals surface area contributed by atoms with Crippen LogP contribution in [-0.2, 0) is 9.53 Å². The van der Waals surface area contributed by atoms with Gasteiger partial charge in [0.25, 0.3) is 0 Å². The summed E-state index contributed by atoms with van der Waals surface area (Å²) in [6.45, 7) is 2.55. The molecule has 0 radical (unpaired) electrons. The van der Waals surface area contributed by atoms with Crippen molar-refractivity contribution in [3.05, 3.63) is 0 Å². The minimum atomic E-state index is -4.10. The summed E-state index contributed by atoms with van der Waals surface area (Å²) in [5.74, 6) is -0.161. The lowest BCUT2D eigenvalue weighted by Gasteiger charge is -2.22. The normalized spacial score (nSPS) is 17.1. The predicted octanol–water partition coefficient (Wildman–Crippen LogP) is 1.99. The van der Waals surface area contributed by atoms with Crippen molar-refractivity contribution in [1.82, 2.24) is 10.6 Å². The fraction of sp³-hybridized carbons (Fsp3) is 0.923. The van der Waals surface area contributed by atoms with E-state index in [0.717, 1.165) is 25.9 Å². The van der Waals surface area contributed by atoms with Gasteiger partial charge in [0, 0.05) is 19.4 Å². The molecular weight excluding hydrogens is 273 g/mol. The summed E-state index contributed by atoms with van der Waals surface area (Å²) >= 11 is 0. The van der Waals surface area contributed by atoms with Gasteiger partial charge in [-0.3, -0.25) is 4.79 Å². The van der Waals surface area contributed by atoms with E-state index in [4.69, 9.17) is 4.74 Å². The first-order valence-corrected chi connectivity index (χ1v) is 7.13. The first kappa shape index (κ1) is 17.2. The van der Waals surface area contributed by atoms with Crippen LogP contribution in [0, 0.1) is 0 Å². The second kappa shape index (κ2) is 9.18. The highest BCUT2D eigenvalue weighted by atomic mass is 19.4. The van der Waals surface area contributed by atoms with Crippen LogP contribution in [-0.4, -0.2) is 44.4 Å². The molecule has 0 unspecified atom stereocenters. The van der Waals surface area contributed by atoms with Gasteiger partial charge in [-0.05, 0) is 38.8 Å². The lowest BCUT2D eigenvalue weighted by Crippen LogP contribution is -2.33. The Morgan fingerprint density at radius 2 is 1.95 bits per heavy atom. The number of unbranched alkanes of at least 4 members (excludes halogenated alkanes) is 1. The first-order valence-electron chi connectivity index (χ1n) is 7.13. The van der Waals surface area contributed by atoms with E-state index >= 15 is 0 Å². The van der Waals surface area contributed by atoms with Gasteiger partial charge in [0.1, 0.15) is 0 Å². The van der Waals surface area contributed by atoms with Crippen LogP contribution in [0.4, 0.5) is 13.2 Å². The van der Waals surface area contributed by atoms with Gasteiger partial charge in [0.2, 0.25) is 5.91 Å². The van der Waals surface area contributed by atoms with Crippen molar-refractivity contribution in [2.75, 3.05) is 26.2 Å². The van der Waals surface area contributed by atoms with E-state index in [1.807, 2.05) is 0 Å². The van der Waals surface area contributed by atoms with Crippen molar-refractivity contribution in [3.8, 4) is 0 Å². The molecule has 20 heavy (non-hydrogen) atoms. The zero-order chi connectivity index (χ0) is 14.8. The second-order valence-electron chi connectivity index (χ2n) is 4.99. The number of halogens is 3. The summed E-state index contributed by atoms with van der Waals surface area (Å²) < 4.78 is 41.2. The molecule has 0 spiro atoms. The second-order valence-corrected chi connectivity index (χ2v) is 4.99. The van der Waals surface area contributed by atoms with E-state index in [1.54, 1.807) is 0 Å². The van der Waals surface area contributed by atoms with E-state index in [1.165, 1.54) is 0 Å². The largest absolute Gasteiger partial charge is 0.389 e. The molecule has 1 aliphatic rings. The van der Waals surface area contributed by atoms with Crippen molar-refractivity contribution in [2.45, 2.75) is 50.8 Å². The van der Waals surface area contributed by atoms with Crippen LogP contribution in [0.15, 0.2) is 0 Å². The molecule has 0 saturated carbocycles. The number of ether oxygens (including phenoxy) is 1. The Morgan fingerprint density at radius 3 is 2.60 bits per heavy atom. The maximum Gasteiger partial charge on any atom is 0.389 e. The summed E-state index contributed by atoms with van der Waals surface area (Å²) in [4.78, 5) is 11.4. The smallest absolute Gasteiger partial charge is 0.378 e. The lowest BCUT2D eigenvalue weighted by atomic mass is 10.1. The quantitative estimate of drug-likeness (QED) is 0.674. The first-order chi connectivity index (χ1) is 9.47. The summed E-state index contributed by atoms with van der Waals surface area (Å²) in [6.07, 6.45) is -2.10. The van der Waals surface area contributed by atoms with Crippen molar-refractivity contribution in [2.24, 2.45) is 0 Å². The van der Waals surface area contributed by atoms with Crippen LogP contribution in [0.25, 0.3) is 0 Å². The Labute approximate surface area is 117 Å². The minimum Gasteiger partial charge on any atom is -0.378 e. The Bertz CT molecular complexity index is 279. The Morgan fingerprint density at radius 1 is 1.25 bits per heavy atom. The average Bonchev–Trinajstić information content (AvgIpc) is 2.38. The molecule has 1 fully saturated rings. The third-order valence-electron chi connectivity index (χ3n) is 3.18. The summed E-state index contributed by atoms with van der Waals surface area (Å²) in [5.41, 5.74) is 0. The van der Waals surface area contributed by atoms with E-state index in [9.17, 15) is 18.0 Å². The van der Waals surface area contributed by atoms with Crippen molar-refractivity contribution < 1.29 is 22.7 Å². The highest BCUT2D eigenvalue weighted by molar-refractivity contribution is 5.75. The van der Waals surface area contributed by atoms with Gasteiger partial charge in [0.05, 0.1) is 12.7 Å². The van der Waals surface area contributed by atoms with Crippen molar-refractivity contribution >= 4 is 5.91 Å². The molecule has 0 aromatic rings. The number of hydrogen-bond acceptors (Lipinski definition) is 3. The molecule has 0 aliphatic carbocycles. The maximum absolute atomic E-state index is 11.9. The Hall–Kier alpha value is -0.820. The van der Waals surface area contributed by atoms with E-state index in [2.05, 4.69) is 10.6 Å². The number of alkyl halides is 3. The highest BCUT2D eigenvalue weighted by Crippen LogP contribution is 2.21. The third-order valence-corrected chi connectivity index (χ3v) is 3.18. The van der Waals surface area contributed by atoms with Crippen LogP contribution in [0.1, 0.15) is 38.5 Å². The van der Waals surface area contributed by atoms with Gasteiger partial charge in [-0.25, -0.2) is 0 Å². The van der Waals surface area contributed by atoms with Gasteiger partial charge in [-0.2, -0.15) is 13.2 Å². The number of carbonyl (C=O) groups excluding carboxylic acids is 1. The zero-order valence-corrected chi connectivity index (χ0v) is 11.6. The molecule has 0 aromatic heterocycles. The van der Waals surface area contributed by atoms with Gasteiger partial charge in [-0.15, -0.1) is 0 Å². The number of hydrogen-bond donors (Lipinski definition) is 2. The fourth-order valence-corrected chi connectivity index (χ4v) is 2.05. The summed E-state index contributed by atoms with van der Waals surface area (Å²) in [7, 11) is 0. The van der Waals surface area contributed by atoms with Crippen LogP contribution >= 0.6 is 0 Å². The number of amides is 1. The number of piperidine rings is 1. The standard InChI is InChI=1S/C13H23F3N2O2/c14-13(15,16)6-1-2-7-18-12(19)5-10-20-11-3-8-17-9-4-11/h11,17H,1-10H2,(H,18,19). The van der Waals surface area contributed by atoms with Crippen LogP contribution in [0.3, 0.4) is 0 Å². The number of rotatable bonds is 8. The van der Waals surface area contributed by atoms with Crippen LogP contribution < -0.4 is 10.6 Å². The monoisotopic (exact) mass is 296 g/mol. The molecule has 7 heteroatoms. The molecule has 2 N–H and O–H groups in total. The zero-order valence-electron chi connectivity index (χ0n) is 11.6. The molecule has 0 aromatic carbocycles. The van der Waals surface area contributed by atoms with Gasteiger partial charge in [-0.1, -0.05) is 0 Å².